The second-order valence-corrected chi connectivity index (χ2v) is 10.0. The molecule has 0 radical (unpaired) electrons. The number of fused-ring (bicyclic) bond motifs is 8. The molecule has 0 atom stereocenters. The van der Waals surface area contributed by atoms with Crippen molar-refractivity contribution in [3.63, 3.8) is 0 Å². The molecule has 0 unspecified atom stereocenters. The Kier molecular flexibility index (Phi) is 4.62. The molecule has 8 aromatic rings. The molecule has 0 fully saturated rings. The number of aromatic nitrogens is 2. The minimum atomic E-state index is 0.506. The van der Waals surface area contributed by atoms with Crippen molar-refractivity contribution in [2.45, 2.75) is 0 Å². The van der Waals surface area contributed by atoms with Crippen LogP contribution in [0.3, 0.4) is 0 Å². The molecule has 8 rings (SSSR count). The summed E-state index contributed by atoms with van der Waals surface area (Å²) in [5.74, 6) is 0. The van der Waals surface area contributed by atoms with Crippen LogP contribution in [0.15, 0.2) is 121 Å². The van der Waals surface area contributed by atoms with E-state index in [1.54, 1.807) is 12.1 Å². The van der Waals surface area contributed by atoms with Crippen molar-refractivity contribution in [3.8, 4) is 17.4 Å². The first-order valence-corrected chi connectivity index (χ1v) is 13.1. The SMILES string of the molecule is [C-]#[N+]c1ccc(C#N)c(-n2c3ccc(-n4c5ccccc5c5ccccc54)cc3c3c4ccccc4ccc32)c1. The van der Waals surface area contributed by atoms with E-state index in [0.29, 0.717) is 11.3 Å². The predicted octanol–water partition coefficient (Wildman–Crippen LogP) is 9.46. The molecule has 0 amide bonds. The molecule has 4 nitrogen and oxygen atoms in total. The number of hydrogen-bond acceptors (Lipinski definition) is 1. The molecule has 184 valence electrons. The summed E-state index contributed by atoms with van der Waals surface area (Å²) in [5, 5.41) is 17.0. The summed E-state index contributed by atoms with van der Waals surface area (Å²) >= 11 is 0. The fraction of sp³-hybridized carbons (Fsp3) is 0. The van der Waals surface area contributed by atoms with Gasteiger partial charge in [0, 0.05) is 27.2 Å². The maximum absolute atomic E-state index is 10.0. The van der Waals surface area contributed by atoms with Crippen LogP contribution in [-0.4, -0.2) is 9.13 Å². The fourth-order valence-corrected chi connectivity index (χ4v) is 6.25. The highest BCUT2D eigenvalue weighted by Gasteiger charge is 2.19. The van der Waals surface area contributed by atoms with Gasteiger partial charge in [-0.3, -0.25) is 0 Å². The molecule has 4 heteroatoms. The van der Waals surface area contributed by atoms with Gasteiger partial charge >= 0.3 is 0 Å². The molecule has 0 bridgehead atoms. The predicted molar refractivity (Wildman–Crippen MR) is 164 cm³/mol. The molecule has 6 aromatic carbocycles. The molecule has 0 N–H and O–H groups in total. The Hall–Kier alpha value is -5.84. The van der Waals surface area contributed by atoms with Crippen LogP contribution in [0.2, 0.25) is 0 Å². The van der Waals surface area contributed by atoms with Gasteiger partial charge in [-0.25, -0.2) is 4.85 Å². The van der Waals surface area contributed by atoms with E-state index in [0.717, 1.165) is 55.0 Å². The molecule has 0 saturated carbocycles. The van der Waals surface area contributed by atoms with Crippen LogP contribution in [0.1, 0.15) is 5.56 Å². The largest absolute Gasteiger partial charge is 0.309 e. The van der Waals surface area contributed by atoms with Crippen LogP contribution in [-0.2, 0) is 0 Å². The van der Waals surface area contributed by atoms with Gasteiger partial charge in [0.15, 0.2) is 5.69 Å². The molecule has 0 aliphatic rings. The minimum Gasteiger partial charge on any atom is -0.309 e. The highest BCUT2D eigenvalue weighted by Crippen LogP contribution is 2.40. The van der Waals surface area contributed by atoms with Crippen molar-refractivity contribution in [2.24, 2.45) is 0 Å². The Bertz CT molecular complexity index is 2350. The van der Waals surface area contributed by atoms with Gasteiger partial charge in [0.05, 0.1) is 39.9 Å². The third-order valence-electron chi connectivity index (χ3n) is 7.95. The first kappa shape index (κ1) is 22.2. The maximum atomic E-state index is 10.0. The second kappa shape index (κ2) is 8.33. The average Bonchev–Trinajstić information content (AvgIpc) is 3.53. The summed E-state index contributed by atoms with van der Waals surface area (Å²) in [5.41, 5.74) is 7.16. The minimum absolute atomic E-state index is 0.506. The number of hydrogen-bond donors (Lipinski definition) is 0. The van der Waals surface area contributed by atoms with Gasteiger partial charge in [-0.05, 0) is 53.2 Å². The highest BCUT2D eigenvalue weighted by atomic mass is 15.0. The second-order valence-electron chi connectivity index (χ2n) is 10.0. The van der Waals surface area contributed by atoms with Gasteiger partial charge in [0.25, 0.3) is 0 Å². The van der Waals surface area contributed by atoms with Crippen molar-refractivity contribution >= 4 is 60.1 Å². The number of rotatable bonds is 2. The van der Waals surface area contributed by atoms with Crippen LogP contribution in [0.25, 0.3) is 70.6 Å². The van der Waals surface area contributed by atoms with Crippen LogP contribution >= 0.6 is 0 Å². The zero-order chi connectivity index (χ0) is 26.8. The van der Waals surface area contributed by atoms with Gasteiger partial charge < -0.3 is 9.13 Å². The first-order chi connectivity index (χ1) is 19.8. The summed E-state index contributed by atoms with van der Waals surface area (Å²) in [6.45, 7) is 7.60. The number of nitriles is 1. The van der Waals surface area contributed by atoms with Crippen molar-refractivity contribution in [3.05, 3.63) is 138 Å². The lowest BCUT2D eigenvalue weighted by Gasteiger charge is -2.12. The van der Waals surface area contributed by atoms with Gasteiger partial charge in [0.1, 0.15) is 6.07 Å². The smallest absolute Gasteiger partial charge is 0.189 e. The maximum Gasteiger partial charge on any atom is 0.189 e. The van der Waals surface area contributed by atoms with Crippen LogP contribution in [0.4, 0.5) is 5.69 Å². The zero-order valence-electron chi connectivity index (χ0n) is 21.3. The van der Waals surface area contributed by atoms with Crippen LogP contribution in [0.5, 0.6) is 0 Å². The lowest BCUT2D eigenvalue weighted by molar-refractivity contribution is 1.16. The van der Waals surface area contributed by atoms with Gasteiger partial charge in [-0.15, -0.1) is 0 Å². The van der Waals surface area contributed by atoms with E-state index in [1.807, 2.05) is 6.07 Å². The highest BCUT2D eigenvalue weighted by molar-refractivity contribution is 6.22. The summed E-state index contributed by atoms with van der Waals surface area (Å²) in [4.78, 5) is 3.66. The van der Waals surface area contributed by atoms with Gasteiger partial charge in [-0.1, -0.05) is 78.9 Å². The summed E-state index contributed by atoms with van der Waals surface area (Å²) in [6, 6.07) is 43.9. The average molecular weight is 509 g/mol. The van der Waals surface area contributed by atoms with E-state index in [1.165, 1.54) is 10.8 Å². The van der Waals surface area contributed by atoms with Gasteiger partial charge in [-0.2, -0.15) is 5.26 Å². The van der Waals surface area contributed by atoms with E-state index >= 15 is 0 Å². The Morgan fingerprint density at radius 1 is 0.575 bits per heavy atom. The van der Waals surface area contributed by atoms with Crippen molar-refractivity contribution in [2.75, 3.05) is 0 Å². The molecule has 0 aliphatic carbocycles. The quantitative estimate of drug-likeness (QED) is 0.214. The lowest BCUT2D eigenvalue weighted by Crippen LogP contribution is -1.98. The Morgan fingerprint density at radius 3 is 1.95 bits per heavy atom. The summed E-state index contributed by atoms with van der Waals surface area (Å²) < 4.78 is 4.47. The van der Waals surface area contributed by atoms with E-state index in [4.69, 9.17) is 6.57 Å². The normalized spacial score (nSPS) is 11.4. The van der Waals surface area contributed by atoms with Crippen molar-refractivity contribution in [1.29, 1.82) is 5.26 Å². The third-order valence-corrected chi connectivity index (χ3v) is 7.95. The van der Waals surface area contributed by atoms with Gasteiger partial charge in [0.2, 0.25) is 0 Å². The Labute approximate surface area is 230 Å². The summed E-state index contributed by atoms with van der Waals surface area (Å²) in [6.07, 6.45) is 0. The fourth-order valence-electron chi connectivity index (χ4n) is 6.25. The Morgan fingerprint density at radius 2 is 1.23 bits per heavy atom. The first-order valence-electron chi connectivity index (χ1n) is 13.1. The molecular formula is C36H20N4. The monoisotopic (exact) mass is 508 g/mol. The summed E-state index contributed by atoms with van der Waals surface area (Å²) in [7, 11) is 0. The standard InChI is InChI=1S/C36H20N4/c1-38-25-16-14-24(22-37)35(20-25)40-33-19-17-26(21-30(33)36-27-9-3-2-8-23(27)15-18-34(36)40)39-31-12-6-4-10-28(31)29-11-5-7-13-32(29)39/h2-21H. The van der Waals surface area contributed by atoms with E-state index < -0.39 is 0 Å². The molecule has 40 heavy (non-hydrogen) atoms. The van der Waals surface area contributed by atoms with E-state index in [9.17, 15) is 5.26 Å². The molecule has 2 heterocycles. The number of nitrogens with zero attached hydrogens (tertiary/aromatic N) is 4. The zero-order valence-corrected chi connectivity index (χ0v) is 21.3. The number of para-hydroxylation sites is 2. The third kappa shape index (κ3) is 2.99. The molecule has 0 aliphatic heterocycles. The van der Waals surface area contributed by atoms with Crippen molar-refractivity contribution in [1.82, 2.24) is 9.13 Å². The molecular weight excluding hydrogens is 488 g/mol. The van der Waals surface area contributed by atoms with E-state index in [-0.39, 0.29) is 0 Å². The van der Waals surface area contributed by atoms with E-state index in [2.05, 4.69) is 123 Å². The topological polar surface area (TPSA) is 38.0 Å². The molecule has 0 spiro atoms. The number of benzene rings is 6. The molecule has 2 aromatic heterocycles. The van der Waals surface area contributed by atoms with Crippen LogP contribution in [0, 0.1) is 17.9 Å². The Balaban J connectivity index is 1.54. The molecule has 0 saturated heterocycles. The van der Waals surface area contributed by atoms with Crippen molar-refractivity contribution < 1.29 is 0 Å². The van der Waals surface area contributed by atoms with Crippen LogP contribution < -0.4 is 0 Å². The lowest BCUT2D eigenvalue weighted by atomic mass is 10.0.